The molecule has 22 heavy (non-hydrogen) atoms. The SMILES string of the molecule is CCC(CC)NC(=O)Cn1c(SC(F)F)nc2ccccc21. The Labute approximate surface area is 132 Å². The number of imidazole rings is 1. The van der Waals surface area contributed by atoms with E-state index in [2.05, 4.69) is 10.3 Å². The summed E-state index contributed by atoms with van der Waals surface area (Å²) in [7, 11) is 0. The van der Waals surface area contributed by atoms with E-state index in [9.17, 15) is 13.6 Å². The van der Waals surface area contributed by atoms with Crippen molar-refractivity contribution in [3.8, 4) is 0 Å². The first-order valence-electron chi connectivity index (χ1n) is 7.24. The van der Waals surface area contributed by atoms with Crippen LogP contribution in [0.4, 0.5) is 8.78 Å². The molecule has 0 atom stereocenters. The summed E-state index contributed by atoms with van der Waals surface area (Å²) in [5.74, 6) is -2.76. The molecule has 1 aromatic carbocycles. The maximum absolute atomic E-state index is 12.7. The highest BCUT2D eigenvalue weighted by atomic mass is 32.2. The van der Waals surface area contributed by atoms with Crippen molar-refractivity contribution in [2.75, 3.05) is 0 Å². The zero-order valence-electron chi connectivity index (χ0n) is 12.6. The molecule has 2 rings (SSSR count). The van der Waals surface area contributed by atoms with Gasteiger partial charge in [-0.2, -0.15) is 8.78 Å². The molecule has 0 fully saturated rings. The number of hydrogen-bond donors (Lipinski definition) is 1. The standard InChI is InChI=1S/C15H19F2N3OS/c1-3-10(4-2)18-13(21)9-20-12-8-6-5-7-11(12)19-15(20)22-14(16)17/h5-8,10,14H,3-4,9H2,1-2H3,(H,18,21). The van der Waals surface area contributed by atoms with Crippen LogP contribution in [0, 0.1) is 0 Å². The number of benzene rings is 1. The van der Waals surface area contributed by atoms with Crippen molar-refractivity contribution < 1.29 is 13.6 Å². The van der Waals surface area contributed by atoms with Gasteiger partial charge in [-0.1, -0.05) is 26.0 Å². The Hall–Kier alpha value is -1.63. The summed E-state index contributed by atoms with van der Waals surface area (Å²) in [4.78, 5) is 16.4. The van der Waals surface area contributed by atoms with Crippen LogP contribution in [0.25, 0.3) is 11.0 Å². The Kier molecular flexibility index (Phi) is 5.76. The smallest absolute Gasteiger partial charge is 0.291 e. The Morgan fingerprint density at radius 1 is 1.32 bits per heavy atom. The first-order chi connectivity index (χ1) is 10.5. The van der Waals surface area contributed by atoms with Crippen molar-refractivity contribution in [3.63, 3.8) is 0 Å². The van der Waals surface area contributed by atoms with E-state index >= 15 is 0 Å². The number of amides is 1. The van der Waals surface area contributed by atoms with Gasteiger partial charge in [0.25, 0.3) is 5.76 Å². The minimum atomic E-state index is -2.57. The van der Waals surface area contributed by atoms with Gasteiger partial charge in [-0.25, -0.2) is 4.98 Å². The average molecular weight is 327 g/mol. The third-order valence-corrected chi connectivity index (χ3v) is 4.17. The third-order valence-electron chi connectivity index (χ3n) is 3.47. The maximum atomic E-state index is 12.7. The third kappa shape index (κ3) is 3.97. The van der Waals surface area contributed by atoms with E-state index in [1.165, 1.54) is 0 Å². The number of thioether (sulfide) groups is 1. The van der Waals surface area contributed by atoms with Crippen molar-refractivity contribution in [2.45, 2.75) is 50.2 Å². The van der Waals surface area contributed by atoms with Gasteiger partial charge in [0.15, 0.2) is 5.16 Å². The first-order valence-corrected chi connectivity index (χ1v) is 8.12. The van der Waals surface area contributed by atoms with Gasteiger partial charge in [-0.3, -0.25) is 4.79 Å². The molecule has 120 valence electrons. The second-order valence-corrected chi connectivity index (χ2v) is 5.89. The normalized spacial score (nSPS) is 11.5. The van der Waals surface area contributed by atoms with Crippen molar-refractivity contribution in [1.82, 2.24) is 14.9 Å². The van der Waals surface area contributed by atoms with Crippen LogP contribution in [0.3, 0.4) is 0 Å². The number of fused-ring (bicyclic) bond motifs is 1. The Morgan fingerprint density at radius 3 is 2.64 bits per heavy atom. The summed E-state index contributed by atoms with van der Waals surface area (Å²) in [6, 6.07) is 7.23. The molecular weight excluding hydrogens is 308 g/mol. The Bertz CT molecular complexity index is 641. The molecule has 1 heterocycles. The lowest BCUT2D eigenvalue weighted by Crippen LogP contribution is -2.36. The molecule has 0 spiro atoms. The van der Waals surface area contributed by atoms with Gasteiger partial charge in [-0.15, -0.1) is 0 Å². The predicted molar refractivity (Wildman–Crippen MR) is 84.1 cm³/mol. The van der Waals surface area contributed by atoms with E-state index in [1.54, 1.807) is 28.8 Å². The molecule has 7 heteroatoms. The predicted octanol–water partition coefficient (Wildman–Crippen LogP) is 3.66. The average Bonchev–Trinajstić information content (AvgIpc) is 2.82. The summed E-state index contributed by atoms with van der Waals surface area (Å²) in [6.07, 6.45) is 1.68. The zero-order chi connectivity index (χ0) is 16.1. The highest BCUT2D eigenvalue weighted by molar-refractivity contribution is 7.99. The summed E-state index contributed by atoms with van der Waals surface area (Å²) in [6.45, 7) is 3.99. The highest BCUT2D eigenvalue weighted by Gasteiger charge is 2.18. The molecule has 0 aliphatic carbocycles. The van der Waals surface area contributed by atoms with Crippen LogP contribution in [0.15, 0.2) is 29.4 Å². The Balaban J connectivity index is 2.26. The second kappa shape index (κ2) is 7.58. The number of nitrogens with one attached hydrogen (secondary N) is 1. The summed E-state index contributed by atoms with van der Waals surface area (Å²) >= 11 is 0.362. The van der Waals surface area contributed by atoms with E-state index in [0.717, 1.165) is 12.8 Å². The van der Waals surface area contributed by atoms with Crippen molar-refractivity contribution in [1.29, 1.82) is 0 Å². The highest BCUT2D eigenvalue weighted by Crippen LogP contribution is 2.28. The van der Waals surface area contributed by atoms with E-state index in [4.69, 9.17) is 0 Å². The fraction of sp³-hybridized carbons (Fsp3) is 0.467. The summed E-state index contributed by atoms with van der Waals surface area (Å²) < 4.78 is 26.9. The molecule has 1 amide bonds. The number of carbonyl (C=O) groups is 1. The van der Waals surface area contributed by atoms with E-state index < -0.39 is 5.76 Å². The molecule has 0 unspecified atom stereocenters. The molecule has 2 aromatic rings. The first kappa shape index (κ1) is 16.7. The number of para-hydroxylation sites is 2. The van der Waals surface area contributed by atoms with Gasteiger partial charge >= 0.3 is 0 Å². The van der Waals surface area contributed by atoms with E-state index in [1.807, 2.05) is 13.8 Å². The topological polar surface area (TPSA) is 46.9 Å². The van der Waals surface area contributed by atoms with Gasteiger partial charge < -0.3 is 9.88 Å². The molecule has 0 saturated heterocycles. The van der Waals surface area contributed by atoms with Crippen LogP contribution >= 0.6 is 11.8 Å². The lowest BCUT2D eigenvalue weighted by Gasteiger charge is -2.16. The molecule has 0 bridgehead atoms. The number of hydrogen-bond acceptors (Lipinski definition) is 3. The number of carbonyl (C=O) groups excluding carboxylic acids is 1. The number of alkyl halides is 2. The van der Waals surface area contributed by atoms with Gasteiger partial charge in [-0.05, 0) is 36.7 Å². The van der Waals surface area contributed by atoms with E-state index in [0.29, 0.717) is 22.8 Å². The zero-order valence-corrected chi connectivity index (χ0v) is 13.4. The summed E-state index contributed by atoms with van der Waals surface area (Å²) in [5.41, 5.74) is 1.30. The van der Waals surface area contributed by atoms with Crippen LogP contribution in [-0.4, -0.2) is 27.3 Å². The monoisotopic (exact) mass is 327 g/mol. The minimum absolute atomic E-state index is 0.00787. The lowest BCUT2D eigenvalue weighted by molar-refractivity contribution is -0.122. The maximum Gasteiger partial charge on any atom is 0.291 e. The van der Waals surface area contributed by atoms with Crippen LogP contribution in [-0.2, 0) is 11.3 Å². The fourth-order valence-electron chi connectivity index (χ4n) is 2.29. The minimum Gasteiger partial charge on any atom is -0.352 e. The molecule has 1 aromatic heterocycles. The van der Waals surface area contributed by atoms with Crippen molar-refractivity contribution in [2.24, 2.45) is 0 Å². The Morgan fingerprint density at radius 2 is 2.00 bits per heavy atom. The molecule has 0 radical (unpaired) electrons. The molecule has 0 aliphatic heterocycles. The van der Waals surface area contributed by atoms with Crippen molar-refractivity contribution in [3.05, 3.63) is 24.3 Å². The quantitative estimate of drug-likeness (QED) is 0.790. The van der Waals surface area contributed by atoms with Gasteiger partial charge in [0, 0.05) is 6.04 Å². The van der Waals surface area contributed by atoms with Gasteiger partial charge in [0.05, 0.1) is 11.0 Å². The summed E-state index contributed by atoms with van der Waals surface area (Å²) in [5, 5.41) is 3.08. The van der Waals surface area contributed by atoms with E-state index in [-0.39, 0.29) is 23.7 Å². The molecular formula is C15H19F2N3OS. The number of nitrogens with zero attached hydrogens (tertiary/aromatic N) is 2. The molecule has 1 N–H and O–H groups in total. The number of aromatic nitrogens is 2. The second-order valence-electron chi connectivity index (χ2n) is 4.93. The van der Waals surface area contributed by atoms with Crippen LogP contribution in [0.5, 0.6) is 0 Å². The molecule has 0 saturated carbocycles. The molecule has 0 aliphatic rings. The lowest BCUT2D eigenvalue weighted by atomic mass is 10.2. The van der Waals surface area contributed by atoms with Crippen LogP contribution in [0.2, 0.25) is 0 Å². The van der Waals surface area contributed by atoms with Gasteiger partial charge in [0.1, 0.15) is 6.54 Å². The van der Waals surface area contributed by atoms with Crippen molar-refractivity contribution >= 4 is 28.7 Å². The van der Waals surface area contributed by atoms with Crippen LogP contribution in [0.1, 0.15) is 26.7 Å². The van der Waals surface area contributed by atoms with Gasteiger partial charge in [0.2, 0.25) is 5.91 Å². The van der Waals surface area contributed by atoms with Crippen LogP contribution < -0.4 is 5.32 Å². The fourth-order valence-corrected chi connectivity index (χ4v) is 2.89. The number of halogens is 2. The molecule has 4 nitrogen and oxygen atoms in total. The number of rotatable bonds is 7. The largest absolute Gasteiger partial charge is 0.352 e.